The Morgan fingerprint density at radius 3 is 2.46 bits per heavy atom. The summed E-state index contributed by atoms with van der Waals surface area (Å²) in [6.45, 7) is 8.55. The Morgan fingerprint density at radius 1 is 1.08 bits per heavy atom. The van der Waals surface area contributed by atoms with Gasteiger partial charge in [-0.25, -0.2) is 0 Å². The van der Waals surface area contributed by atoms with Crippen LogP contribution in [0.15, 0.2) is 42.5 Å². The number of aryl methyl sites for hydroxylation is 2. The molecule has 24 heavy (non-hydrogen) atoms. The lowest BCUT2D eigenvalue weighted by Crippen LogP contribution is -2.35. The highest BCUT2D eigenvalue weighted by atomic mass is 16.5. The van der Waals surface area contributed by atoms with Crippen LogP contribution in [-0.4, -0.2) is 37.1 Å². The molecule has 1 saturated heterocycles. The molecule has 3 rings (SSSR count). The van der Waals surface area contributed by atoms with E-state index >= 15 is 0 Å². The summed E-state index contributed by atoms with van der Waals surface area (Å²) in [5, 5.41) is 2.95. The SMILES string of the molecule is Cc1ccc(NC(=O)c2ccc(CN3CCOCC3)c(C)c2)cc1. The van der Waals surface area contributed by atoms with Crippen molar-refractivity contribution in [1.29, 1.82) is 0 Å². The second-order valence-corrected chi connectivity index (χ2v) is 6.35. The Balaban J connectivity index is 1.66. The lowest BCUT2D eigenvalue weighted by molar-refractivity contribution is 0.0341. The van der Waals surface area contributed by atoms with Crippen LogP contribution in [0.5, 0.6) is 0 Å². The molecule has 2 aromatic carbocycles. The summed E-state index contributed by atoms with van der Waals surface area (Å²) in [7, 11) is 0. The van der Waals surface area contributed by atoms with E-state index in [0.717, 1.165) is 44.1 Å². The van der Waals surface area contributed by atoms with E-state index < -0.39 is 0 Å². The highest BCUT2D eigenvalue weighted by Gasteiger charge is 2.13. The second kappa shape index (κ2) is 7.60. The molecule has 0 aliphatic carbocycles. The molecule has 0 unspecified atom stereocenters. The first-order chi connectivity index (χ1) is 11.6. The summed E-state index contributed by atoms with van der Waals surface area (Å²) in [5.41, 5.74) is 5.11. The Bertz CT molecular complexity index is 704. The third kappa shape index (κ3) is 4.22. The molecular weight excluding hydrogens is 300 g/mol. The van der Waals surface area contributed by atoms with Crippen molar-refractivity contribution in [2.75, 3.05) is 31.6 Å². The molecular formula is C20H24N2O2. The lowest BCUT2D eigenvalue weighted by Gasteiger charge is -2.27. The standard InChI is InChI=1S/C20H24N2O2/c1-15-3-7-19(8-4-15)21-20(23)17-5-6-18(16(2)13-17)14-22-9-11-24-12-10-22/h3-8,13H,9-12,14H2,1-2H3,(H,21,23). The molecule has 1 aliphatic rings. The molecule has 1 fully saturated rings. The van der Waals surface area contributed by atoms with Crippen molar-refractivity contribution in [3.63, 3.8) is 0 Å². The first-order valence-corrected chi connectivity index (χ1v) is 8.39. The zero-order chi connectivity index (χ0) is 16.9. The zero-order valence-corrected chi connectivity index (χ0v) is 14.3. The van der Waals surface area contributed by atoms with E-state index in [1.165, 1.54) is 11.1 Å². The van der Waals surface area contributed by atoms with Crippen LogP contribution in [-0.2, 0) is 11.3 Å². The van der Waals surface area contributed by atoms with E-state index in [9.17, 15) is 4.79 Å². The van der Waals surface area contributed by atoms with Gasteiger partial charge in [-0.05, 0) is 49.2 Å². The number of amides is 1. The fourth-order valence-electron chi connectivity index (χ4n) is 2.85. The molecule has 0 radical (unpaired) electrons. The van der Waals surface area contributed by atoms with Gasteiger partial charge in [-0.3, -0.25) is 9.69 Å². The first kappa shape index (κ1) is 16.7. The molecule has 0 spiro atoms. The molecule has 1 aliphatic heterocycles. The van der Waals surface area contributed by atoms with Gasteiger partial charge in [-0.15, -0.1) is 0 Å². The summed E-state index contributed by atoms with van der Waals surface area (Å²) in [4.78, 5) is 14.8. The minimum Gasteiger partial charge on any atom is -0.379 e. The monoisotopic (exact) mass is 324 g/mol. The maximum Gasteiger partial charge on any atom is 0.255 e. The summed E-state index contributed by atoms with van der Waals surface area (Å²) < 4.78 is 5.39. The fourth-order valence-corrected chi connectivity index (χ4v) is 2.85. The normalized spacial score (nSPS) is 15.2. The molecule has 0 atom stereocenters. The van der Waals surface area contributed by atoms with Crippen molar-refractivity contribution < 1.29 is 9.53 Å². The van der Waals surface area contributed by atoms with Crippen LogP contribution in [0.4, 0.5) is 5.69 Å². The van der Waals surface area contributed by atoms with Gasteiger partial charge in [0.05, 0.1) is 13.2 Å². The molecule has 2 aromatic rings. The number of morpholine rings is 1. The summed E-state index contributed by atoms with van der Waals surface area (Å²) in [6, 6.07) is 13.8. The topological polar surface area (TPSA) is 41.6 Å². The number of carbonyl (C=O) groups excluding carboxylic acids is 1. The average molecular weight is 324 g/mol. The number of nitrogens with one attached hydrogen (secondary N) is 1. The van der Waals surface area contributed by atoms with E-state index in [1.807, 2.05) is 43.3 Å². The van der Waals surface area contributed by atoms with E-state index in [0.29, 0.717) is 5.56 Å². The third-order valence-electron chi connectivity index (χ3n) is 4.41. The van der Waals surface area contributed by atoms with Gasteiger partial charge in [0, 0.05) is 30.9 Å². The Morgan fingerprint density at radius 2 is 1.79 bits per heavy atom. The molecule has 0 saturated carbocycles. The van der Waals surface area contributed by atoms with Gasteiger partial charge in [0.1, 0.15) is 0 Å². The number of benzene rings is 2. The molecule has 0 bridgehead atoms. The molecule has 126 valence electrons. The Hall–Kier alpha value is -2.17. The van der Waals surface area contributed by atoms with Gasteiger partial charge in [0.25, 0.3) is 5.91 Å². The van der Waals surface area contributed by atoms with Gasteiger partial charge in [-0.2, -0.15) is 0 Å². The quantitative estimate of drug-likeness (QED) is 0.937. The molecule has 1 N–H and O–H groups in total. The van der Waals surface area contributed by atoms with Crippen LogP contribution in [0, 0.1) is 13.8 Å². The molecule has 4 nitrogen and oxygen atoms in total. The van der Waals surface area contributed by atoms with E-state index in [-0.39, 0.29) is 5.91 Å². The number of carbonyl (C=O) groups is 1. The van der Waals surface area contributed by atoms with Crippen LogP contribution < -0.4 is 5.32 Å². The number of ether oxygens (including phenoxy) is 1. The van der Waals surface area contributed by atoms with Crippen LogP contribution in [0.3, 0.4) is 0 Å². The molecule has 1 heterocycles. The van der Waals surface area contributed by atoms with Crippen LogP contribution >= 0.6 is 0 Å². The Labute approximate surface area is 143 Å². The number of rotatable bonds is 4. The predicted molar refractivity (Wildman–Crippen MR) is 96.4 cm³/mol. The maximum absolute atomic E-state index is 12.4. The van der Waals surface area contributed by atoms with Crippen molar-refractivity contribution in [1.82, 2.24) is 4.90 Å². The number of anilines is 1. The van der Waals surface area contributed by atoms with Crippen molar-refractivity contribution in [3.8, 4) is 0 Å². The number of nitrogens with zero attached hydrogens (tertiary/aromatic N) is 1. The first-order valence-electron chi connectivity index (χ1n) is 8.39. The van der Waals surface area contributed by atoms with Crippen molar-refractivity contribution in [2.45, 2.75) is 20.4 Å². The van der Waals surface area contributed by atoms with Gasteiger partial charge in [0.2, 0.25) is 0 Å². The maximum atomic E-state index is 12.4. The molecule has 0 aromatic heterocycles. The van der Waals surface area contributed by atoms with E-state index in [1.54, 1.807) is 0 Å². The third-order valence-corrected chi connectivity index (χ3v) is 4.41. The Kier molecular flexibility index (Phi) is 5.28. The van der Waals surface area contributed by atoms with Crippen LogP contribution in [0.2, 0.25) is 0 Å². The van der Waals surface area contributed by atoms with Crippen molar-refractivity contribution in [3.05, 3.63) is 64.7 Å². The summed E-state index contributed by atoms with van der Waals surface area (Å²) >= 11 is 0. The van der Waals surface area contributed by atoms with Crippen molar-refractivity contribution in [2.24, 2.45) is 0 Å². The number of hydrogen-bond acceptors (Lipinski definition) is 3. The molecule has 4 heteroatoms. The van der Waals surface area contributed by atoms with E-state index in [4.69, 9.17) is 4.74 Å². The van der Waals surface area contributed by atoms with Gasteiger partial charge in [-0.1, -0.05) is 23.8 Å². The lowest BCUT2D eigenvalue weighted by atomic mass is 10.0. The fraction of sp³-hybridized carbons (Fsp3) is 0.350. The zero-order valence-electron chi connectivity index (χ0n) is 14.3. The highest BCUT2D eigenvalue weighted by molar-refractivity contribution is 6.04. The van der Waals surface area contributed by atoms with Crippen LogP contribution in [0.1, 0.15) is 27.0 Å². The minimum absolute atomic E-state index is 0.0696. The van der Waals surface area contributed by atoms with Crippen molar-refractivity contribution >= 4 is 11.6 Å². The predicted octanol–water partition coefficient (Wildman–Crippen LogP) is 3.39. The van der Waals surface area contributed by atoms with Gasteiger partial charge >= 0.3 is 0 Å². The van der Waals surface area contributed by atoms with Gasteiger partial charge in [0.15, 0.2) is 0 Å². The largest absolute Gasteiger partial charge is 0.379 e. The average Bonchev–Trinajstić information content (AvgIpc) is 2.59. The summed E-state index contributed by atoms with van der Waals surface area (Å²) in [5.74, 6) is -0.0696. The van der Waals surface area contributed by atoms with Gasteiger partial charge < -0.3 is 10.1 Å². The number of hydrogen-bond donors (Lipinski definition) is 1. The summed E-state index contributed by atoms with van der Waals surface area (Å²) in [6.07, 6.45) is 0. The highest BCUT2D eigenvalue weighted by Crippen LogP contribution is 2.16. The second-order valence-electron chi connectivity index (χ2n) is 6.35. The molecule has 1 amide bonds. The van der Waals surface area contributed by atoms with E-state index in [2.05, 4.69) is 23.2 Å². The van der Waals surface area contributed by atoms with Crippen LogP contribution in [0.25, 0.3) is 0 Å². The minimum atomic E-state index is -0.0696. The smallest absolute Gasteiger partial charge is 0.255 e.